The number of ether oxygens (including phenoxy) is 1. The zero-order valence-corrected chi connectivity index (χ0v) is 14.6. The minimum absolute atomic E-state index is 0.0181. The Balaban J connectivity index is 1.54. The number of nitrogens with zero attached hydrogens (tertiary/aromatic N) is 3. The highest BCUT2D eigenvalue weighted by atomic mass is 19.1. The van der Waals surface area contributed by atoms with Crippen molar-refractivity contribution in [2.45, 2.75) is 18.9 Å². The Hall–Kier alpha value is -2.47. The quantitative estimate of drug-likeness (QED) is 0.849. The van der Waals surface area contributed by atoms with E-state index < -0.39 is 0 Å². The van der Waals surface area contributed by atoms with Crippen LogP contribution in [0.2, 0.25) is 0 Å². The molecule has 1 amide bonds. The van der Waals surface area contributed by atoms with Gasteiger partial charge in [-0.1, -0.05) is 12.1 Å². The number of hydrogen-bond donors (Lipinski definition) is 0. The minimum atomic E-state index is -0.275. The van der Waals surface area contributed by atoms with Gasteiger partial charge in [0.2, 0.25) is 0 Å². The summed E-state index contributed by atoms with van der Waals surface area (Å²) in [5, 5.41) is 0. The summed E-state index contributed by atoms with van der Waals surface area (Å²) in [4.78, 5) is 21.6. The maximum absolute atomic E-state index is 13.2. The van der Waals surface area contributed by atoms with E-state index >= 15 is 0 Å². The lowest BCUT2D eigenvalue weighted by atomic mass is 10.1. The molecular formula is C20H22FN3O2. The van der Waals surface area contributed by atoms with Crippen LogP contribution >= 0.6 is 0 Å². The Bertz CT molecular complexity index is 775. The summed E-state index contributed by atoms with van der Waals surface area (Å²) >= 11 is 0. The van der Waals surface area contributed by atoms with Gasteiger partial charge in [-0.05, 0) is 42.7 Å². The Morgan fingerprint density at radius 1 is 1.12 bits per heavy atom. The maximum Gasteiger partial charge on any atom is 0.257 e. The molecule has 136 valence electrons. The van der Waals surface area contributed by atoms with E-state index in [9.17, 15) is 9.18 Å². The van der Waals surface area contributed by atoms with Crippen molar-refractivity contribution < 1.29 is 13.9 Å². The van der Waals surface area contributed by atoms with E-state index in [1.807, 2.05) is 17.0 Å². The van der Waals surface area contributed by atoms with Gasteiger partial charge >= 0.3 is 0 Å². The molecule has 1 aromatic heterocycles. The fraction of sp³-hybridized carbons (Fsp3) is 0.400. The largest absolute Gasteiger partial charge is 0.370 e. The van der Waals surface area contributed by atoms with Gasteiger partial charge in [0.1, 0.15) is 17.7 Å². The van der Waals surface area contributed by atoms with E-state index in [2.05, 4.69) is 9.88 Å². The first-order valence-electron chi connectivity index (χ1n) is 9.09. The van der Waals surface area contributed by atoms with Gasteiger partial charge in [-0.25, -0.2) is 9.37 Å². The number of aromatic nitrogens is 1. The van der Waals surface area contributed by atoms with E-state index in [1.54, 1.807) is 18.3 Å². The number of carbonyl (C=O) groups excluding carboxylic acids is 1. The second kappa shape index (κ2) is 7.41. The van der Waals surface area contributed by atoms with Gasteiger partial charge in [0.25, 0.3) is 5.91 Å². The fourth-order valence-corrected chi connectivity index (χ4v) is 3.63. The molecule has 1 aromatic carbocycles. The number of anilines is 1. The van der Waals surface area contributed by atoms with Crippen LogP contribution in [0.15, 0.2) is 42.6 Å². The molecule has 0 N–H and O–H groups in total. The van der Waals surface area contributed by atoms with Gasteiger partial charge in [-0.15, -0.1) is 0 Å². The SMILES string of the molecule is O=C(c1cccnc1N1CCCC1)N1CCOC(c2ccc(F)cc2)C1. The van der Waals surface area contributed by atoms with Crippen LogP contribution in [0, 0.1) is 5.82 Å². The molecule has 2 saturated heterocycles. The zero-order chi connectivity index (χ0) is 17.9. The highest BCUT2D eigenvalue weighted by molar-refractivity contribution is 5.99. The van der Waals surface area contributed by atoms with Gasteiger partial charge in [-0.3, -0.25) is 4.79 Å². The lowest BCUT2D eigenvalue weighted by Gasteiger charge is -2.34. The van der Waals surface area contributed by atoms with Crippen molar-refractivity contribution in [1.29, 1.82) is 0 Å². The molecule has 6 heteroatoms. The minimum Gasteiger partial charge on any atom is -0.370 e. The third-order valence-corrected chi connectivity index (χ3v) is 5.02. The van der Waals surface area contributed by atoms with E-state index in [1.165, 1.54) is 12.1 Å². The molecule has 26 heavy (non-hydrogen) atoms. The molecule has 0 aliphatic carbocycles. The number of benzene rings is 1. The molecule has 0 saturated carbocycles. The molecule has 4 rings (SSSR count). The van der Waals surface area contributed by atoms with Crippen LogP contribution < -0.4 is 4.90 Å². The van der Waals surface area contributed by atoms with Gasteiger partial charge in [0, 0.05) is 25.8 Å². The molecule has 0 bridgehead atoms. The third kappa shape index (κ3) is 3.42. The second-order valence-corrected chi connectivity index (χ2v) is 6.73. The smallest absolute Gasteiger partial charge is 0.257 e. The molecule has 1 atom stereocenters. The van der Waals surface area contributed by atoms with E-state index in [-0.39, 0.29) is 17.8 Å². The topological polar surface area (TPSA) is 45.7 Å². The van der Waals surface area contributed by atoms with Crippen LogP contribution in [0.1, 0.15) is 34.9 Å². The lowest BCUT2D eigenvalue weighted by Crippen LogP contribution is -2.42. The van der Waals surface area contributed by atoms with E-state index in [0.717, 1.165) is 37.3 Å². The number of carbonyl (C=O) groups is 1. The van der Waals surface area contributed by atoms with Gasteiger partial charge in [0.15, 0.2) is 0 Å². The fourth-order valence-electron chi connectivity index (χ4n) is 3.63. The Kier molecular flexibility index (Phi) is 4.84. The zero-order valence-electron chi connectivity index (χ0n) is 14.6. The number of morpholine rings is 1. The van der Waals surface area contributed by atoms with Gasteiger partial charge < -0.3 is 14.5 Å². The monoisotopic (exact) mass is 355 g/mol. The summed E-state index contributed by atoms with van der Waals surface area (Å²) in [6.45, 7) is 3.36. The molecule has 0 spiro atoms. The van der Waals surface area contributed by atoms with Crippen molar-refractivity contribution in [1.82, 2.24) is 9.88 Å². The molecular weight excluding hydrogens is 333 g/mol. The number of amides is 1. The van der Waals surface area contributed by atoms with Gasteiger partial charge in [-0.2, -0.15) is 0 Å². The van der Waals surface area contributed by atoms with Crippen molar-refractivity contribution in [2.75, 3.05) is 37.7 Å². The Morgan fingerprint density at radius 3 is 2.65 bits per heavy atom. The maximum atomic E-state index is 13.2. The summed E-state index contributed by atoms with van der Waals surface area (Å²) in [7, 11) is 0. The first-order valence-corrected chi connectivity index (χ1v) is 9.09. The van der Waals surface area contributed by atoms with Crippen molar-refractivity contribution in [2.24, 2.45) is 0 Å². The summed E-state index contributed by atoms with van der Waals surface area (Å²) in [6.07, 6.45) is 3.77. The summed E-state index contributed by atoms with van der Waals surface area (Å²) in [5.74, 6) is 0.485. The Morgan fingerprint density at radius 2 is 1.88 bits per heavy atom. The summed E-state index contributed by atoms with van der Waals surface area (Å²) < 4.78 is 19.0. The molecule has 2 fully saturated rings. The number of halogens is 1. The standard InChI is InChI=1S/C20H22FN3O2/c21-16-7-5-15(6-8-16)18-14-24(12-13-26-18)20(25)17-4-3-9-22-19(17)23-10-1-2-11-23/h3-9,18H,1-2,10-14H2. The number of pyridine rings is 1. The first kappa shape index (κ1) is 17.0. The second-order valence-electron chi connectivity index (χ2n) is 6.73. The van der Waals surface area contributed by atoms with Crippen LogP contribution in [-0.2, 0) is 4.74 Å². The number of hydrogen-bond acceptors (Lipinski definition) is 4. The summed E-state index contributed by atoms with van der Waals surface area (Å²) in [6, 6.07) is 9.94. The van der Waals surface area contributed by atoms with Crippen LogP contribution in [0.5, 0.6) is 0 Å². The predicted octanol–water partition coefficient (Wildman–Crippen LogP) is 3.03. The van der Waals surface area contributed by atoms with E-state index in [4.69, 9.17) is 4.74 Å². The van der Waals surface area contributed by atoms with Crippen LogP contribution in [0.3, 0.4) is 0 Å². The van der Waals surface area contributed by atoms with Crippen LogP contribution in [-0.4, -0.2) is 48.6 Å². The van der Waals surface area contributed by atoms with E-state index in [0.29, 0.717) is 25.3 Å². The summed E-state index contributed by atoms with van der Waals surface area (Å²) in [5.41, 5.74) is 1.53. The van der Waals surface area contributed by atoms with Crippen LogP contribution in [0.25, 0.3) is 0 Å². The average Bonchev–Trinajstić information content (AvgIpc) is 3.23. The van der Waals surface area contributed by atoms with Gasteiger partial charge in [0.05, 0.1) is 18.7 Å². The highest BCUT2D eigenvalue weighted by Gasteiger charge is 2.29. The first-order chi connectivity index (χ1) is 12.7. The Labute approximate surface area is 152 Å². The third-order valence-electron chi connectivity index (χ3n) is 5.02. The molecule has 2 aromatic rings. The van der Waals surface area contributed by atoms with Crippen molar-refractivity contribution in [3.05, 3.63) is 59.5 Å². The molecule has 2 aliphatic rings. The van der Waals surface area contributed by atoms with Crippen LogP contribution in [0.4, 0.5) is 10.2 Å². The highest BCUT2D eigenvalue weighted by Crippen LogP contribution is 2.27. The normalized spacial score (nSPS) is 20.4. The molecule has 2 aliphatic heterocycles. The lowest BCUT2D eigenvalue weighted by molar-refractivity contribution is -0.0228. The van der Waals surface area contributed by atoms with Crippen molar-refractivity contribution in [3.8, 4) is 0 Å². The molecule has 0 radical (unpaired) electrons. The molecule has 1 unspecified atom stereocenters. The average molecular weight is 355 g/mol. The number of rotatable bonds is 3. The molecule has 5 nitrogen and oxygen atoms in total. The molecule has 3 heterocycles. The van der Waals surface area contributed by atoms with Crippen molar-refractivity contribution in [3.63, 3.8) is 0 Å². The predicted molar refractivity (Wildman–Crippen MR) is 96.7 cm³/mol. The van der Waals surface area contributed by atoms with Crippen molar-refractivity contribution >= 4 is 11.7 Å².